The van der Waals surface area contributed by atoms with Crippen molar-refractivity contribution in [3.05, 3.63) is 54.1 Å². The van der Waals surface area contributed by atoms with Gasteiger partial charge in [0.05, 0.1) is 6.33 Å². The number of rotatable bonds is 6. The molecule has 1 heterocycles. The first-order chi connectivity index (χ1) is 8.75. The molecular weight excluding hydrogens is 222 g/mol. The third-order valence-corrected chi connectivity index (χ3v) is 3.18. The van der Waals surface area contributed by atoms with Crippen LogP contribution in [0.1, 0.15) is 30.5 Å². The predicted octanol–water partition coefficient (Wildman–Crippen LogP) is 2.93. The largest absolute Gasteiger partial charge is 0.337 e. The molecule has 3 nitrogen and oxygen atoms in total. The summed E-state index contributed by atoms with van der Waals surface area (Å²) in [4.78, 5) is 4.03. The van der Waals surface area contributed by atoms with Gasteiger partial charge in [-0.3, -0.25) is 0 Å². The van der Waals surface area contributed by atoms with Crippen molar-refractivity contribution < 1.29 is 0 Å². The third kappa shape index (κ3) is 3.70. The van der Waals surface area contributed by atoms with Gasteiger partial charge in [0, 0.05) is 25.0 Å². The summed E-state index contributed by atoms with van der Waals surface area (Å²) in [5.41, 5.74) is 2.66. The van der Waals surface area contributed by atoms with Gasteiger partial charge in [-0.2, -0.15) is 0 Å². The maximum atomic E-state index is 4.03. The fourth-order valence-corrected chi connectivity index (χ4v) is 1.97. The molecule has 0 aliphatic rings. The Balaban J connectivity index is 1.71. The highest BCUT2D eigenvalue weighted by Crippen LogP contribution is 2.12. The van der Waals surface area contributed by atoms with E-state index in [0.717, 1.165) is 19.5 Å². The molecule has 0 bridgehead atoms. The van der Waals surface area contributed by atoms with E-state index in [1.54, 1.807) is 0 Å². The van der Waals surface area contributed by atoms with Crippen molar-refractivity contribution in [1.82, 2.24) is 14.9 Å². The van der Waals surface area contributed by atoms with E-state index in [0.29, 0.717) is 6.04 Å². The average Bonchev–Trinajstić information content (AvgIpc) is 2.88. The molecule has 0 aliphatic carbocycles. The molecule has 0 radical (unpaired) electrons. The molecule has 1 atom stereocenters. The van der Waals surface area contributed by atoms with Crippen molar-refractivity contribution in [3.63, 3.8) is 0 Å². The van der Waals surface area contributed by atoms with Gasteiger partial charge in [-0.15, -0.1) is 0 Å². The Labute approximate surface area is 109 Å². The maximum Gasteiger partial charge on any atom is 0.0945 e. The van der Waals surface area contributed by atoms with Crippen molar-refractivity contribution in [3.8, 4) is 0 Å². The molecule has 2 rings (SSSR count). The summed E-state index contributed by atoms with van der Waals surface area (Å²) in [5, 5.41) is 3.55. The summed E-state index contributed by atoms with van der Waals surface area (Å²) >= 11 is 0. The van der Waals surface area contributed by atoms with Gasteiger partial charge in [0.25, 0.3) is 0 Å². The van der Waals surface area contributed by atoms with Crippen LogP contribution in [-0.4, -0.2) is 16.1 Å². The minimum Gasteiger partial charge on any atom is -0.337 e. The Morgan fingerprint density at radius 2 is 2.06 bits per heavy atom. The number of hydrogen-bond donors (Lipinski definition) is 1. The normalized spacial score (nSPS) is 12.6. The lowest BCUT2D eigenvalue weighted by Crippen LogP contribution is -2.20. The van der Waals surface area contributed by atoms with E-state index in [4.69, 9.17) is 0 Å². The summed E-state index contributed by atoms with van der Waals surface area (Å²) in [7, 11) is 0. The first-order valence-electron chi connectivity index (χ1n) is 6.51. The van der Waals surface area contributed by atoms with E-state index in [1.807, 2.05) is 18.7 Å². The summed E-state index contributed by atoms with van der Waals surface area (Å²) < 4.78 is 2.11. The lowest BCUT2D eigenvalue weighted by molar-refractivity contribution is 0.526. The highest BCUT2D eigenvalue weighted by atomic mass is 15.0. The SMILES string of the molecule is Cc1ccc([C@@H](C)NCCCn2ccnc2)cc1. The lowest BCUT2D eigenvalue weighted by Gasteiger charge is -2.14. The van der Waals surface area contributed by atoms with Crippen LogP contribution in [0.15, 0.2) is 43.0 Å². The van der Waals surface area contributed by atoms with E-state index in [1.165, 1.54) is 11.1 Å². The molecule has 0 aliphatic heterocycles. The molecule has 0 spiro atoms. The van der Waals surface area contributed by atoms with Crippen LogP contribution in [-0.2, 0) is 6.54 Å². The molecule has 2 aromatic rings. The molecule has 1 N–H and O–H groups in total. The molecule has 0 amide bonds. The van der Waals surface area contributed by atoms with Crippen LogP contribution in [0, 0.1) is 6.92 Å². The Kier molecular flexibility index (Phi) is 4.53. The minimum absolute atomic E-state index is 0.411. The number of hydrogen-bond acceptors (Lipinski definition) is 2. The monoisotopic (exact) mass is 243 g/mol. The second-order valence-corrected chi connectivity index (χ2v) is 4.74. The molecule has 18 heavy (non-hydrogen) atoms. The van der Waals surface area contributed by atoms with Crippen LogP contribution < -0.4 is 5.32 Å². The topological polar surface area (TPSA) is 29.9 Å². The van der Waals surface area contributed by atoms with E-state index < -0.39 is 0 Å². The van der Waals surface area contributed by atoms with Gasteiger partial charge in [-0.1, -0.05) is 29.8 Å². The van der Waals surface area contributed by atoms with Gasteiger partial charge in [0.15, 0.2) is 0 Å². The number of nitrogens with zero attached hydrogens (tertiary/aromatic N) is 2. The first-order valence-corrected chi connectivity index (χ1v) is 6.51. The van der Waals surface area contributed by atoms with Gasteiger partial charge in [-0.25, -0.2) is 4.98 Å². The highest BCUT2D eigenvalue weighted by Gasteiger charge is 2.03. The lowest BCUT2D eigenvalue weighted by atomic mass is 10.1. The van der Waals surface area contributed by atoms with E-state index >= 15 is 0 Å². The predicted molar refractivity (Wildman–Crippen MR) is 74.4 cm³/mol. The quantitative estimate of drug-likeness (QED) is 0.791. The number of aryl methyl sites for hydroxylation is 2. The molecule has 0 saturated heterocycles. The van der Waals surface area contributed by atoms with Gasteiger partial charge < -0.3 is 9.88 Å². The Bertz CT molecular complexity index is 445. The van der Waals surface area contributed by atoms with E-state index in [-0.39, 0.29) is 0 Å². The molecule has 0 fully saturated rings. The Hall–Kier alpha value is -1.61. The number of imidazole rings is 1. The van der Waals surface area contributed by atoms with Crippen molar-refractivity contribution >= 4 is 0 Å². The van der Waals surface area contributed by atoms with Crippen molar-refractivity contribution in [1.29, 1.82) is 0 Å². The molecule has 96 valence electrons. The minimum atomic E-state index is 0.411. The van der Waals surface area contributed by atoms with Crippen LogP contribution in [0.5, 0.6) is 0 Å². The van der Waals surface area contributed by atoms with Gasteiger partial charge in [0.1, 0.15) is 0 Å². The zero-order valence-corrected chi connectivity index (χ0v) is 11.1. The number of nitrogens with one attached hydrogen (secondary N) is 1. The fourth-order valence-electron chi connectivity index (χ4n) is 1.97. The maximum absolute atomic E-state index is 4.03. The summed E-state index contributed by atoms with van der Waals surface area (Å²) in [6.07, 6.45) is 6.81. The average molecular weight is 243 g/mol. The highest BCUT2D eigenvalue weighted by molar-refractivity contribution is 5.23. The zero-order valence-electron chi connectivity index (χ0n) is 11.1. The summed E-state index contributed by atoms with van der Waals surface area (Å²) in [6.45, 7) is 6.37. The first kappa shape index (κ1) is 12.8. The van der Waals surface area contributed by atoms with E-state index in [2.05, 4.69) is 53.0 Å². The van der Waals surface area contributed by atoms with Crippen molar-refractivity contribution in [2.45, 2.75) is 32.9 Å². The number of aromatic nitrogens is 2. The molecule has 1 aromatic carbocycles. The van der Waals surface area contributed by atoms with Gasteiger partial charge >= 0.3 is 0 Å². The standard InChI is InChI=1S/C15H21N3/c1-13-4-6-15(7-5-13)14(2)17-8-3-10-18-11-9-16-12-18/h4-7,9,11-12,14,17H,3,8,10H2,1-2H3/t14-/m1/s1. The summed E-state index contributed by atoms with van der Waals surface area (Å²) in [5.74, 6) is 0. The van der Waals surface area contributed by atoms with Crippen LogP contribution in [0.3, 0.4) is 0 Å². The van der Waals surface area contributed by atoms with Gasteiger partial charge in [0.2, 0.25) is 0 Å². The molecule has 3 heteroatoms. The second-order valence-electron chi connectivity index (χ2n) is 4.74. The van der Waals surface area contributed by atoms with Crippen molar-refractivity contribution in [2.24, 2.45) is 0 Å². The third-order valence-electron chi connectivity index (χ3n) is 3.18. The molecule has 0 saturated carbocycles. The zero-order chi connectivity index (χ0) is 12.8. The Morgan fingerprint density at radius 3 is 2.72 bits per heavy atom. The molecular formula is C15H21N3. The second kappa shape index (κ2) is 6.36. The van der Waals surface area contributed by atoms with Crippen LogP contribution in [0.4, 0.5) is 0 Å². The Morgan fingerprint density at radius 1 is 1.28 bits per heavy atom. The molecule has 0 unspecified atom stereocenters. The molecule has 1 aromatic heterocycles. The van der Waals surface area contributed by atoms with Crippen LogP contribution in [0.25, 0.3) is 0 Å². The van der Waals surface area contributed by atoms with Crippen LogP contribution >= 0.6 is 0 Å². The fraction of sp³-hybridized carbons (Fsp3) is 0.400. The van der Waals surface area contributed by atoms with E-state index in [9.17, 15) is 0 Å². The summed E-state index contributed by atoms with van der Waals surface area (Å²) in [6, 6.07) is 9.14. The number of benzene rings is 1. The van der Waals surface area contributed by atoms with Crippen molar-refractivity contribution in [2.75, 3.05) is 6.54 Å². The smallest absolute Gasteiger partial charge is 0.0945 e. The van der Waals surface area contributed by atoms with Crippen LogP contribution in [0.2, 0.25) is 0 Å². The van der Waals surface area contributed by atoms with Gasteiger partial charge in [-0.05, 0) is 32.4 Å².